The van der Waals surface area contributed by atoms with Gasteiger partial charge in [-0.3, -0.25) is 9.80 Å². The van der Waals surface area contributed by atoms with Crippen molar-refractivity contribution in [1.29, 1.82) is 0 Å². The molecule has 2 aliphatic heterocycles. The molecule has 2 saturated heterocycles. The highest BCUT2D eigenvalue weighted by atomic mass is 32.1. The number of aryl methyl sites for hydroxylation is 2. The number of hydrogen-bond acceptors (Lipinski definition) is 8. The molecule has 2 aromatic rings. The van der Waals surface area contributed by atoms with Gasteiger partial charge in [0, 0.05) is 37.6 Å². The minimum atomic E-state index is -0.676. The number of aliphatic hydroxyl groups is 1. The van der Waals surface area contributed by atoms with E-state index >= 15 is 0 Å². The van der Waals surface area contributed by atoms with E-state index in [-0.39, 0.29) is 0 Å². The Labute approximate surface area is 151 Å². The number of aromatic nitrogens is 2. The van der Waals surface area contributed by atoms with Crippen molar-refractivity contribution < 1.29 is 9.84 Å². The lowest BCUT2D eigenvalue weighted by molar-refractivity contribution is -0.000813. The van der Waals surface area contributed by atoms with E-state index in [1.54, 1.807) is 0 Å². The molecule has 25 heavy (non-hydrogen) atoms. The summed E-state index contributed by atoms with van der Waals surface area (Å²) in [5, 5.41) is 20.3. The summed E-state index contributed by atoms with van der Waals surface area (Å²) in [6, 6.07) is 0.484. The molecule has 0 spiro atoms. The van der Waals surface area contributed by atoms with E-state index in [0.29, 0.717) is 11.7 Å². The fourth-order valence-corrected chi connectivity index (χ4v) is 4.97. The van der Waals surface area contributed by atoms with Gasteiger partial charge in [0.2, 0.25) is 0 Å². The summed E-state index contributed by atoms with van der Waals surface area (Å²) in [6.07, 6.45) is 0.393. The molecule has 2 aromatic heterocycles. The smallest absolute Gasteiger partial charge is 0.148 e. The molecule has 2 atom stereocenters. The van der Waals surface area contributed by atoms with Crippen molar-refractivity contribution in [2.45, 2.75) is 32.5 Å². The van der Waals surface area contributed by atoms with Crippen molar-refractivity contribution in [3.8, 4) is 0 Å². The molecule has 4 heterocycles. The maximum absolute atomic E-state index is 10.9. The SMILES string of the molecule is Cc1nnc2sc(C(O)N3CCC(N4CCOCC4)C3)c(N)c2c1C. The van der Waals surface area contributed by atoms with Crippen LogP contribution in [0, 0.1) is 13.8 Å². The summed E-state index contributed by atoms with van der Waals surface area (Å²) in [5.74, 6) is 0. The van der Waals surface area contributed by atoms with Gasteiger partial charge in [0.15, 0.2) is 0 Å². The second kappa shape index (κ2) is 6.77. The first kappa shape index (κ1) is 17.1. The molecule has 2 fully saturated rings. The minimum Gasteiger partial charge on any atom is -0.397 e. The van der Waals surface area contributed by atoms with Crippen LogP contribution in [0.3, 0.4) is 0 Å². The third-order valence-electron chi connectivity index (χ3n) is 5.50. The molecule has 0 aromatic carbocycles. The Hall–Kier alpha value is -1.32. The zero-order chi connectivity index (χ0) is 17.6. The summed E-state index contributed by atoms with van der Waals surface area (Å²) in [6.45, 7) is 9.25. The van der Waals surface area contributed by atoms with E-state index in [2.05, 4.69) is 20.0 Å². The average Bonchev–Trinajstić information content (AvgIpc) is 3.24. The summed E-state index contributed by atoms with van der Waals surface area (Å²) in [4.78, 5) is 6.19. The van der Waals surface area contributed by atoms with Gasteiger partial charge in [-0.05, 0) is 25.8 Å². The summed E-state index contributed by atoms with van der Waals surface area (Å²) in [7, 11) is 0. The number of rotatable bonds is 3. The van der Waals surface area contributed by atoms with Gasteiger partial charge >= 0.3 is 0 Å². The van der Waals surface area contributed by atoms with Gasteiger partial charge in [-0.2, -0.15) is 5.10 Å². The summed E-state index contributed by atoms with van der Waals surface area (Å²) in [5.41, 5.74) is 8.96. The number of nitrogen functional groups attached to an aromatic ring is 1. The van der Waals surface area contributed by atoms with E-state index in [1.165, 1.54) is 11.3 Å². The van der Waals surface area contributed by atoms with Crippen molar-refractivity contribution in [2.75, 3.05) is 45.1 Å². The molecule has 0 bridgehead atoms. The highest BCUT2D eigenvalue weighted by Crippen LogP contribution is 2.40. The third-order valence-corrected chi connectivity index (χ3v) is 6.63. The number of nitrogens with two attached hydrogens (primary N) is 1. The summed E-state index contributed by atoms with van der Waals surface area (Å²) < 4.78 is 5.44. The number of fused-ring (bicyclic) bond motifs is 1. The van der Waals surface area contributed by atoms with Gasteiger partial charge in [-0.25, -0.2) is 0 Å². The van der Waals surface area contributed by atoms with Crippen molar-refractivity contribution in [3.63, 3.8) is 0 Å². The molecule has 0 aliphatic carbocycles. The first-order valence-electron chi connectivity index (χ1n) is 8.82. The predicted molar refractivity (Wildman–Crippen MR) is 98.6 cm³/mol. The number of anilines is 1. The van der Waals surface area contributed by atoms with E-state index < -0.39 is 6.23 Å². The van der Waals surface area contributed by atoms with Crippen molar-refractivity contribution in [2.24, 2.45) is 0 Å². The quantitative estimate of drug-likeness (QED) is 0.849. The van der Waals surface area contributed by atoms with Crippen LogP contribution in [0.4, 0.5) is 5.69 Å². The molecule has 136 valence electrons. The van der Waals surface area contributed by atoms with Crippen LogP contribution < -0.4 is 5.73 Å². The molecule has 0 amide bonds. The van der Waals surface area contributed by atoms with Crippen LogP contribution >= 0.6 is 11.3 Å². The molecule has 0 saturated carbocycles. The molecular weight excluding hydrogens is 338 g/mol. The number of thiophene rings is 1. The Kier molecular flexibility index (Phi) is 4.63. The molecule has 2 aliphatic rings. The number of morpholine rings is 1. The fourth-order valence-electron chi connectivity index (χ4n) is 3.85. The topological polar surface area (TPSA) is 87.7 Å². The Morgan fingerprint density at radius 1 is 1.24 bits per heavy atom. The summed E-state index contributed by atoms with van der Waals surface area (Å²) >= 11 is 1.45. The van der Waals surface area contributed by atoms with Crippen LogP contribution in [-0.2, 0) is 4.74 Å². The highest BCUT2D eigenvalue weighted by Gasteiger charge is 2.34. The first-order chi connectivity index (χ1) is 12.1. The van der Waals surface area contributed by atoms with Crippen LogP contribution in [0.15, 0.2) is 0 Å². The van der Waals surface area contributed by atoms with E-state index in [4.69, 9.17) is 10.5 Å². The lowest BCUT2D eigenvalue weighted by atomic mass is 10.1. The largest absolute Gasteiger partial charge is 0.397 e. The third kappa shape index (κ3) is 3.02. The Morgan fingerprint density at radius 3 is 2.76 bits per heavy atom. The van der Waals surface area contributed by atoms with Gasteiger partial charge in [0.05, 0.1) is 29.5 Å². The van der Waals surface area contributed by atoms with Crippen LogP contribution in [-0.4, -0.2) is 70.5 Å². The van der Waals surface area contributed by atoms with E-state index in [0.717, 1.165) is 72.2 Å². The zero-order valence-corrected chi connectivity index (χ0v) is 15.6. The van der Waals surface area contributed by atoms with Gasteiger partial charge < -0.3 is 15.6 Å². The average molecular weight is 363 g/mol. The Morgan fingerprint density at radius 2 is 2.00 bits per heavy atom. The highest BCUT2D eigenvalue weighted by molar-refractivity contribution is 7.19. The van der Waals surface area contributed by atoms with Gasteiger partial charge in [-0.15, -0.1) is 16.4 Å². The molecule has 0 radical (unpaired) electrons. The van der Waals surface area contributed by atoms with Crippen LogP contribution in [0.2, 0.25) is 0 Å². The zero-order valence-electron chi connectivity index (χ0n) is 14.7. The van der Waals surface area contributed by atoms with Crippen LogP contribution in [0.1, 0.15) is 28.8 Å². The molecule has 2 unspecified atom stereocenters. The standard InChI is InChI=1S/C17H25N5O2S/c1-10-11(2)19-20-16-13(10)14(18)15(25-16)17(23)22-4-3-12(9-22)21-5-7-24-8-6-21/h12,17,23H,3-9,18H2,1-2H3. The minimum absolute atomic E-state index is 0.484. The number of nitrogens with zero attached hydrogens (tertiary/aromatic N) is 4. The number of ether oxygens (including phenoxy) is 1. The molecular formula is C17H25N5O2S. The van der Waals surface area contributed by atoms with Gasteiger partial charge in [0.25, 0.3) is 0 Å². The van der Waals surface area contributed by atoms with Crippen LogP contribution in [0.5, 0.6) is 0 Å². The maximum Gasteiger partial charge on any atom is 0.148 e. The monoisotopic (exact) mass is 363 g/mol. The number of aliphatic hydroxyl groups excluding tert-OH is 1. The number of hydrogen-bond donors (Lipinski definition) is 2. The van der Waals surface area contributed by atoms with Crippen molar-refractivity contribution in [3.05, 3.63) is 16.1 Å². The number of likely N-dealkylation sites (tertiary alicyclic amines) is 1. The molecule has 8 heteroatoms. The van der Waals surface area contributed by atoms with Gasteiger partial charge in [0.1, 0.15) is 11.1 Å². The fraction of sp³-hybridized carbons (Fsp3) is 0.647. The Bertz CT molecular complexity index is 774. The first-order valence-corrected chi connectivity index (χ1v) is 9.63. The van der Waals surface area contributed by atoms with Crippen molar-refractivity contribution in [1.82, 2.24) is 20.0 Å². The van der Waals surface area contributed by atoms with Crippen LogP contribution in [0.25, 0.3) is 10.2 Å². The van der Waals surface area contributed by atoms with E-state index in [9.17, 15) is 5.11 Å². The molecule has 4 rings (SSSR count). The lowest BCUT2D eigenvalue weighted by Crippen LogP contribution is -2.44. The predicted octanol–water partition coefficient (Wildman–Crippen LogP) is 1.29. The second-order valence-electron chi connectivity index (χ2n) is 6.93. The second-order valence-corrected chi connectivity index (χ2v) is 7.96. The molecule has 7 nitrogen and oxygen atoms in total. The lowest BCUT2D eigenvalue weighted by Gasteiger charge is -2.32. The Balaban J connectivity index is 1.55. The van der Waals surface area contributed by atoms with Crippen molar-refractivity contribution >= 4 is 27.2 Å². The van der Waals surface area contributed by atoms with E-state index in [1.807, 2.05) is 13.8 Å². The van der Waals surface area contributed by atoms with Gasteiger partial charge in [-0.1, -0.05) is 0 Å². The maximum atomic E-state index is 10.9. The normalized spacial score (nSPS) is 24.2. The molecule has 3 N–H and O–H groups in total.